The summed E-state index contributed by atoms with van der Waals surface area (Å²) in [5, 5.41) is 9.61. The predicted molar refractivity (Wildman–Crippen MR) is 175 cm³/mol. The molecular formula is C33H32ClF6N9O3. The lowest BCUT2D eigenvalue weighted by Gasteiger charge is -2.35. The van der Waals surface area contributed by atoms with Crippen molar-refractivity contribution < 1.29 is 40.7 Å². The number of nitrogens with zero attached hydrogens (tertiary/aromatic N) is 7. The van der Waals surface area contributed by atoms with Crippen LogP contribution in [0.4, 0.5) is 31.1 Å². The Balaban J connectivity index is 1.39. The number of halogens is 7. The van der Waals surface area contributed by atoms with Crippen LogP contribution in [-0.2, 0) is 15.1 Å². The van der Waals surface area contributed by atoms with Gasteiger partial charge in [0, 0.05) is 11.8 Å². The third-order valence-corrected chi connectivity index (χ3v) is 8.90. The van der Waals surface area contributed by atoms with E-state index < -0.39 is 72.8 Å². The number of carbonyl (C=O) groups is 2. The average Bonchev–Trinajstić information content (AvgIpc) is 3.59. The molecule has 4 aromatic rings. The number of ether oxygens (including phenoxy) is 1. The molecule has 19 heteroatoms. The Bertz CT molecular complexity index is 1990. The number of hydrogen-bond donors (Lipinski definition) is 2. The van der Waals surface area contributed by atoms with Gasteiger partial charge in [0.1, 0.15) is 19.0 Å². The summed E-state index contributed by atoms with van der Waals surface area (Å²) in [5.74, 6) is -1.65. The minimum Gasteiger partial charge on any atom is -0.447 e. The number of carbonyl (C=O) groups excluding carboxylic acids is 2. The zero-order valence-corrected chi connectivity index (χ0v) is 28.5. The summed E-state index contributed by atoms with van der Waals surface area (Å²) in [7, 11) is 0. The first-order valence-corrected chi connectivity index (χ1v) is 16.2. The number of alkyl carbamates (subject to hydrolysis) is 1. The maximum absolute atomic E-state index is 14.8. The molecule has 6 rings (SSSR count). The van der Waals surface area contributed by atoms with E-state index in [-0.39, 0.29) is 28.7 Å². The first-order valence-electron chi connectivity index (χ1n) is 15.8. The van der Waals surface area contributed by atoms with E-state index in [4.69, 9.17) is 27.1 Å². The van der Waals surface area contributed by atoms with Gasteiger partial charge in [-0.1, -0.05) is 62.7 Å². The predicted octanol–water partition coefficient (Wildman–Crippen LogP) is 6.43. The summed E-state index contributed by atoms with van der Waals surface area (Å²) < 4.78 is 87.7. The number of hydrogen-bond acceptors (Lipinski definition) is 8. The van der Waals surface area contributed by atoms with Crippen molar-refractivity contribution in [2.24, 2.45) is 16.1 Å². The van der Waals surface area contributed by atoms with Crippen molar-refractivity contribution in [3.63, 3.8) is 0 Å². The Hall–Kier alpha value is -5.13. The van der Waals surface area contributed by atoms with Gasteiger partial charge in [-0.2, -0.15) is 19.0 Å². The van der Waals surface area contributed by atoms with E-state index in [1.54, 1.807) is 24.3 Å². The molecule has 0 saturated heterocycles. The molecule has 2 aromatic carbocycles. The van der Waals surface area contributed by atoms with E-state index >= 15 is 0 Å². The van der Waals surface area contributed by atoms with Crippen molar-refractivity contribution in [1.82, 2.24) is 34.8 Å². The van der Waals surface area contributed by atoms with Crippen LogP contribution >= 0.6 is 11.6 Å². The fourth-order valence-electron chi connectivity index (χ4n) is 6.14. The molecule has 2 aliphatic rings. The van der Waals surface area contributed by atoms with E-state index in [9.17, 15) is 35.9 Å². The van der Waals surface area contributed by atoms with Gasteiger partial charge < -0.3 is 15.8 Å². The number of aromatic nitrogens is 5. The lowest BCUT2D eigenvalue weighted by Crippen LogP contribution is -2.47. The molecule has 3 N–H and O–H groups in total. The number of nitrogens with two attached hydrogens (primary N) is 1. The van der Waals surface area contributed by atoms with E-state index in [0.29, 0.717) is 21.4 Å². The van der Waals surface area contributed by atoms with Crippen LogP contribution in [-0.4, -0.2) is 72.4 Å². The second-order valence-electron chi connectivity index (χ2n) is 13.5. The largest absolute Gasteiger partial charge is 0.447 e. The summed E-state index contributed by atoms with van der Waals surface area (Å²) in [6, 6.07) is 7.94. The highest BCUT2D eigenvalue weighted by atomic mass is 35.5. The molecule has 0 bridgehead atoms. The van der Waals surface area contributed by atoms with Crippen LogP contribution in [0, 0.1) is 5.41 Å². The number of benzene rings is 2. The van der Waals surface area contributed by atoms with E-state index in [0.717, 1.165) is 15.9 Å². The van der Waals surface area contributed by atoms with Crippen molar-refractivity contribution in [2.45, 2.75) is 70.1 Å². The van der Waals surface area contributed by atoms with Crippen LogP contribution in [0.5, 0.6) is 0 Å². The van der Waals surface area contributed by atoms with Crippen LogP contribution in [0.3, 0.4) is 0 Å². The van der Waals surface area contributed by atoms with Gasteiger partial charge in [-0.3, -0.25) is 9.69 Å². The number of aliphatic imine (C=N–C) groups is 1. The third-order valence-electron chi connectivity index (χ3n) is 8.58. The number of nitrogens with one attached hydrogen (secondary N) is 1. The zero-order chi connectivity index (χ0) is 37.7. The normalized spacial score (nSPS) is 22.2. The minimum atomic E-state index is -3.03. The Morgan fingerprint density at radius 2 is 1.75 bits per heavy atom. The molecule has 276 valence electrons. The molecule has 2 unspecified atom stereocenters. The summed E-state index contributed by atoms with van der Waals surface area (Å²) in [5.41, 5.74) is 5.81. The van der Waals surface area contributed by atoms with Crippen molar-refractivity contribution in [2.75, 3.05) is 6.61 Å². The van der Waals surface area contributed by atoms with E-state index in [1.165, 1.54) is 30.6 Å². The molecule has 1 aliphatic heterocycles. The van der Waals surface area contributed by atoms with Crippen LogP contribution in [0.25, 0.3) is 16.8 Å². The van der Waals surface area contributed by atoms with Crippen molar-refractivity contribution >= 4 is 29.6 Å². The molecule has 3 heterocycles. The highest BCUT2D eigenvalue weighted by Gasteiger charge is 2.55. The van der Waals surface area contributed by atoms with Crippen LogP contribution in [0.15, 0.2) is 66.2 Å². The van der Waals surface area contributed by atoms with Gasteiger partial charge >= 0.3 is 12.6 Å². The monoisotopic (exact) mass is 751 g/mol. The molecule has 0 spiro atoms. The first kappa shape index (κ1) is 36.7. The Kier molecular flexibility index (Phi) is 9.71. The average molecular weight is 752 g/mol. The number of guanidine groups is 1. The highest BCUT2D eigenvalue weighted by Crippen LogP contribution is 2.45. The highest BCUT2D eigenvalue weighted by molar-refractivity contribution is 6.32. The second kappa shape index (κ2) is 13.8. The lowest BCUT2D eigenvalue weighted by atomic mass is 9.75. The van der Waals surface area contributed by atoms with Crippen molar-refractivity contribution in [1.29, 1.82) is 0 Å². The van der Waals surface area contributed by atoms with Gasteiger partial charge in [0.25, 0.3) is 12.3 Å². The summed E-state index contributed by atoms with van der Waals surface area (Å²) in [6.07, 6.45) is -4.53. The van der Waals surface area contributed by atoms with Gasteiger partial charge in [-0.15, -0.1) is 0 Å². The lowest BCUT2D eigenvalue weighted by molar-refractivity contribution is -0.135. The minimum absolute atomic E-state index is 0.0130. The molecule has 12 nitrogen and oxygen atoms in total. The van der Waals surface area contributed by atoms with Gasteiger partial charge in [0.15, 0.2) is 29.7 Å². The van der Waals surface area contributed by atoms with Crippen LogP contribution in [0.2, 0.25) is 5.02 Å². The van der Waals surface area contributed by atoms with Crippen molar-refractivity contribution in [3.05, 3.63) is 83.2 Å². The second-order valence-corrected chi connectivity index (χ2v) is 13.9. The van der Waals surface area contributed by atoms with Crippen LogP contribution < -0.4 is 11.1 Å². The maximum atomic E-state index is 14.8. The molecular weight excluding hydrogens is 720 g/mol. The molecule has 1 saturated carbocycles. The van der Waals surface area contributed by atoms with Gasteiger partial charge in [-0.25, -0.2) is 41.7 Å². The fraction of sp³-hybridized carbons (Fsp3) is 0.394. The zero-order valence-electron chi connectivity index (χ0n) is 27.7. The molecule has 1 fully saturated rings. The summed E-state index contributed by atoms with van der Waals surface area (Å²) in [6.45, 7) is 2.18. The van der Waals surface area contributed by atoms with E-state index in [1.807, 2.05) is 20.8 Å². The van der Waals surface area contributed by atoms with Gasteiger partial charge in [0.2, 0.25) is 0 Å². The maximum Gasteiger partial charge on any atom is 0.407 e. The quantitative estimate of drug-likeness (QED) is 0.168. The van der Waals surface area contributed by atoms with E-state index in [2.05, 4.69) is 20.5 Å². The topological polar surface area (TPSA) is 146 Å². The Labute approximate surface area is 297 Å². The molecule has 2 amide bonds. The molecule has 4 atom stereocenters. The smallest absolute Gasteiger partial charge is 0.407 e. The van der Waals surface area contributed by atoms with Gasteiger partial charge in [-0.05, 0) is 40.7 Å². The van der Waals surface area contributed by atoms with Gasteiger partial charge in [0.05, 0.1) is 22.9 Å². The van der Waals surface area contributed by atoms with Crippen LogP contribution in [0.1, 0.15) is 63.2 Å². The SMILES string of the molecule is CC(C)(C)C[C@]1(c2ccc(-c3cnn(C(F)F)c3)cc2)N=C(N)N([C@H](COC(=O)NC2C(F)C2F)c2ccc(Cl)c(-n3ncnc3C(F)F)c2)C1=O. The third kappa shape index (κ3) is 7.03. The Morgan fingerprint density at radius 3 is 2.35 bits per heavy atom. The van der Waals surface area contributed by atoms with Crippen molar-refractivity contribution in [3.8, 4) is 16.8 Å². The number of rotatable bonds is 11. The molecule has 52 heavy (non-hydrogen) atoms. The number of amides is 2. The molecule has 0 radical (unpaired) electrons. The first-order chi connectivity index (χ1) is 24.5. The summed E-state index contributed by atoms with van der Waals surface area (Å²) >= 11 is 6.41. The fourth-order valence-corrected chi connectivity index (χ4v) is 6.34. The Morgan fingerprint density at radius 1 is 1.06 bits per heavy atom. The number of alkyl halides is 6. The standard InChI is InChI=1S/C33H32ClF6N9O3/c1-32(2,3)14-33(19-7-4-16(5-8-19)18-11-43-47(12-18)29(39)40)28(50)48(30(41)46-33)22(13-52-31(51)45-25-23(35)24(25)36)17-6-9-20(34)21(10-17)49-27(26(37)38)42-15-44-49/h4-12,15,22-26,29H,13-14H2,1-3H3,(H2,41,46)(H,45,51)/t22-,23?,24?,25?,33-/m1/s1. The summed E-state index contributed by atoms with van der Waals surface area (Å²) in [4.78, 5) is 36.9. The molecule has 1 aliphatic carbocycles. The molecule has 2 aromatic heterocycles.